The van der Waals surface area contributed by atoms with E-state index in [1.807, 2.05) is 14.0 Å². The number of ether oxygens (including phenoxy) is 1. The molecule has 0 saturated carbocycles. The van der Waals surface area contributed by atoms with Gasteiger partial charge in [-0.25, -0.2) is 8.42 Å². The summed E-state index contributed by atoms with van der Waals surface area (Å²) in [7, 11) is 0.0286. The fourth-order valence-electron chi connectivity index (χ4n) is 2.38. The average Bonchev–Trinajstić information content (AvgIpc) is 2.49. The first-order chi connectivity index (χ1) is 8.86. The molecule has 19 heavy (non-hydrogen) atoms. The van der Waals surface area contributed by atoms with Crippen molar-refractivity contribution in [3.05, 3.63) is 0 Å². The highest BCUT2D eigenvalue weighted by Gasteiger charge is 2.29. The van der Waals surface area contributed by atoms with Crippen molar-refractivity contribution in [2.45, 2.75) is 32.2 Å². The van der Waals surface area contributed by atoms with Gasteiger partial charge in [0.15, 0.2) is 0 Å². The first-order valence-electron chi connectivity index (χ1n) is 6.61. The van der Waals surface area contributed by atoms with Crippen molar-refractivity contribution in [1.29, 1.82) is 0 Å². The molecule has 1 fully saturated rings. The molecule has 1 aliphatic rings. The molecular formula is C12H24N2O4S. The van der Waals surface area contributed by atoms with E-state index >= 15 is 0 Å². The van der Waals surface area contributed by atoms with Gasteiger partial charge in [0.05, 0.1) is 12.9 Å². The van der Waals surface area contributed by atoms with Crippen LogP contribution in [0.25, 0.3) is 0 Å². The zero-order chi connectivity index (χ0) is 14.5. The third-order valence-electron chi connectivity index (χ3n) is 3.35. The zero-order valence-electron chi connectivity index (χ0n) is 12.0. The van der Waals surface area contributed by atoms with Crippen LogP contribution in [0.15, 0.2) is 0 Å². The summed E-state index contributed by atoms with van der Waals surface area (Å²) < 4.78 is 30.6. The molecular weight excluding hydrogens is 268 g/mol. The fourth-order valence-corrected chi connectivity index (χ4v) is 4.15. The van der Waals surface area contributed by atoms with E-state index in [4.69, 9.17) is 0 Å². The molecule has 1 saturated heterocycles. The molecule has 1 rings (SSSR count). The minimum absolute atomic E-state index is 0.0101. The Bertz CT molecular complexity index is 397. The predicted molar refractivity (Wildman–Crippen MR) is 73.3 cm³/mol. The maximum Gasteiger partial charge on any atom is 0.305 e. The smallest absolute Gasteiger partial charge is 0.305 e. The van der Waals surface area contributed by atoms with Crippen LogP contribution in [0.3, 0.4) is 0 Å². The van der Waals surface area contributed by atoms with Crippen LogP contribution in [0.2, 0.25) is 0 Å². The van der Waals surface area contributed by atoms with Crippen LogP contribution >= 0.6 is 0 Å². The van der Waals surface area contributed by atoms with E-state index in [9.17, 15) is 13.2 Å². The van der Waals surface area contributed by atoms with Crippen molar-refractivity contribution in [2.24, 2.45) is 0 Å². The minimum atomic E-state index is -3.28. The van der Waals surface area contributed by atoms with Gasteiger partial charge >= 0.3 is 5.97 Å². The quantitative estimate of drug-likeness (QED) is 0.682. The number of nitrogens with zero attached hydrogens (tertiary/aromatic N) is 2. The van der Waals surface area contributed by atoms with Crippen LogP contribution in [0.4, 0.5) is 0 Å². The molecule has 0 spiro atoms. The van der Waals surface area contributed by atoms with E-state index < -0.39 is 10.0 Å². The van der Waals surface area contributed by atoms with Crippen LogP contribution < -0.4 is 0 Å². The molecule has 112 valence electrons. The van der Waals surface area contributed by atoms with Crippen molar-refractivity contribution in [3.8, 4) is 0 Å². The second kappa shape index (κ2) is 7.21. The summed E-state index contributed by atoms with van der Waals surface area (Å²) in [4.78, 5) is 13.1. The summed E-state index contributed by atoms with van der Waals surface area (Å²) in [5, 5.41) is 0. The van der Waals surface area contributed by atoms with E-state index in [0.29, 0.717) is 13.0 Å². The lowest BCUT2D eigenvalue weighted by Gasteiger charge is -2.27. The standard InChI is InChI=1S/C12H24N2O4S/c1-11-10-13(2)7-5-8-14(11)19(16,17)9-4-6-12(15)18-3/h11H,4-10H2,1-3H3. The predicted octanol–water partition coefficient (Wildman–Crippen LogP) is 0.295. The fraction of sp³-hybridized carbons (Fsp3) is 0.917. The molecule has 6 nitrogen and oxygen atoms in total. The third-order valence-corrected chi connectivity index (χ3v) is 5.42. The van der Waals surface area contributed by atoms with Gasteiger partial charge in [0.25, 0.3) is 0 Å². The number of carbonyl (C=O) groups is 1. The van der Waals surface area contributed by atoms with Gasteiger partial charge in [-0.1, -0.05) is 0 Å². The number of carbonyl (C=O) groups excluding carboxylic acids is 1. The maximum atomic E-state index is 12.3. The lowest BCUT2D eigenvalue weighted by molar-refractivity contribution is -0.140. The largest absolute Gasteiger partial charge is 0.469 e. The Morgan fingerprint density at radius 2 is 2.05 bits per heavy atom. The number of hydrogen-bond acceptors (Lipinski definition) is 5. The maximum absolute atomic E-state index is 12.3. The van der Waals surface area contributed by atoms with Gasteiger partial charge in [-0.05, 0) is 33.4 Å². The van der Waals surface area contributed by atoms with Gasteiger partial charge < -0.3 is 9.64 Å². The Labute approximate surface area is 115 Å². The van der Waals surface area contributed by atoms with Gasteiger partial charge in [-0.3, -0.25) is 4.79 Å². The van der Waals surface area contributed by atoms with Crippen molar-refractivity contribution in [1.82, 2.24) is 9.21 Å². The molecule has 0 aliphatic carbocycles. The molecule has 0 aromatic rings. The summed E-state index contributed by atoms with van der Waals surface area (Å²) in [6.45, 7) is 4.15. The summed E-state index contributed by atoms with van der Waals surface area (Å²) in [5.74, 6) is -0.352. The Balaban J connectivity index is 2.57. The number of sulfonamides is 1. The molecule has 0 aromatic heterocycles. The van der Waals surface area contributed by atoms with E-state index in [1.54, 1.807) is 4.31 Å². The minimum Gasteiger partial charge on any atom is -0.469 e. The van der Waals surface area contributed by atoms with Gasteiger partial charge in [-0.15, -0.1) is 0 Å². The monoisotopic (exact) mass is 292 g/mol. The highest BCUT2D eigenvalue weighted by Crippen LogP contribution is 2.15. The molecule has 1 aliphatic heterocycles. The second-order valence-corrected chi connectivity index (χ2v) is 7.11. The molecule has 0 N–H and O–H groups in total. The third kappa shape index (κ3) is 5.08. The van der Waals surface area contributed by atoms with Crippen molar-refractivity contribution in [3.63, 3.8) is 0 Å². The molecule has 1 heterocycles. The van der Waals surface area contributed by atoms with Crippen LogP contribution in [-0.2, 0) is 19.6 Å². The average molecular weight is 292 g/mol. The lowest BCUT2D eigenvalue weighted by atomic mass is 10.3. The highest BCUT2D eigenvalue weighted by atomic mass is 32.2. The summed E-state index contributed by atoms with van der Waals surface area (Å²) in [6.07, 6.45) is 1.31. The molecule has 0 bridgehead atoms. The number of rotatable bonds is 5. The molecule has 0 aromatic carbocycles. The molecule has 1 atom stereocenters. The Kier molecular flexibility index (Phi) is 6.22. The van der Waals surface area contributed by atoms with Gasteiger partial charge in [0, 0.05) is 25.6 Å². The van der Waals surface area contributed by atoms with Crippen molar-refractivity contribution >= 4 is 16.0 Å². The summed E-state index contributed by atoms with van der Waals surface area (Å²) in [5.41, 5.74) is 0. The molecule has 1 unspecified atom stereocenters. The lowest BCUT2D eigenvalue weighted by Crippen LogP contribution is -2.43. The normalized spacial score (nSPS) is 23.0. The SMILES string of the molecule is COC(=O)CCCS(=O)(=O)N1CCCN(C)CC1C. The highest BCUT2D eigenvalue weighted by molar-refractivity contribution is 7.89. The first-order valence-corrected chi connectivity index (χ1v) is 8.22. The topological polar surface area (TPSA) is 66.9 Å². The van der Waals surface area contributed by atoms with Crippen LogP contribution in [0.1, 0.15) is 26.2 Å². The zero-order valence-corrected chi connectivity index (χ0v) is 12.8. The number of hydrogen-bond donors (Lipinski definition) is 0. The van der Waals surface area contributed by atoms with E-state index in [-0.39, 0.29) is 24.2 Å². The molecule has 7 heteroatoms. The van der Waals surface area contributed by atoms with E-state index in [0.717, 1.165) is 19.5 Å². The summed E-state index contributed by atoms with van der Waals surface area (Å²) >= 11 is 0. The van der Waals surface area contributed by atoms with Gasteiger partial charge in [0.2, 0.25) is 10.0 Å². The van der Waals surface area contributed by atoms with Crippen molar-refractivity contribution < 1.29 is 17.9 Å². The second-order valence-electron chi connectivity index (χ2n) is 5.07. The Morgan fingerprint density at radius 3 is 2.68 bits per heavy atom. The van der Waals surface area contributed by atoms with Crippen LogP contribution in [0, 0.1) is 0 Å². The van der Waals surface area contributed by atoms with Gasteiger partial charge in [-0.2, -0.15) is 4.31 Å². The van der Waals surface area contributed by atoms with Crippen LogP contribution in [0.5, 0.6) is 0 Å². The molecule has 0 radical (unpaired) electrons. The van der Waals surface area contributed by atoms with E-state index in [1.165, 1.54) is 7.11 Å². The van der Waals surface area contributed by atoms with Crippen LogP contribution in [-0.4, -0.2) is 69.2 Å². The first kappa shape index (κ1) is 16.4. The van der Waals surface area contributed by atoms with Gasteiger partial charge in [0.1, 0.15) is 0 Å². The number of methoxy groups -OCH3 is 1. The van der Waals surface area contributed by atoms with E-state index in [2.05, 4.69) is 9.64 Å². The summed E-state index contributed by atoms with van der Waals surface area (Å²) in [6, 6.07) is -0.0179. The number of likely N-dealkylation sites (N-methyl/N-ethyl adjacent to an activating group) is 1. The Morgan fingerprint density at radius 1 is 1.37 bits per heavy atom. The van der Waals surface area contributed by atoms with Crippen molar-refractivity contribution in [2.75, 3.05) is 39.5 Å². The molecule has 0 amide bonds. The number of esters is 1. The Hall–Kier alpha value is -0.660.